The molecule has 0 unspecified atom stereocenters. The summed E-state index contributed by atoms with van der Waals surface area (Å²) in [5.41, 5.74) is 7.26. The highest BCUT2D eigenvalue weighted by atomic mass is 16.5. The molecule has 1 aromatic carbocycles. The van der Waals surface area contributed by atoms with Crippen molar-refractivity contribution < 1.29 is 4.52 Å². The van der Waals surface area contributed by atoms with Crippen molar-refractivity contribution in [2.45, 2.75) is 49.5 Å². The van der Waals surface area contributed by atoms with Crippen LogP contribution in [0.25, 0.3) is 0 Å². The third-order valence-corrected chi connectivity index (χ3v) is 4.85. The molecule has 0 bridgehead atoms. The van der Waals surface area contributed by atoms with E-state index >= 15 is 0 Å². The summed E-state index contributed by atoms with van der Waals surface area (Å²) in [5, 5.41) is 4.25. The van der Waals surface area contributed by atoms with E-state index in [0.717, 1.165) is 44.3 Å². The summed E-state index contributed by atoms with van der Waals surface area (Å²) >= 11 is 0. The van der Waals surface area contributed by atoms with Gasteiger partial charge >= 0.3 is 0 Å². The van der Waals surface area contributed by atoms with Crippen molar-refractivity contribution in [2.24, 2.45) is 5.73 Å². The minimum Gasteiger partial charge on any atom is -0.337 e. The summed E-state index contributed by atoms with van der Waals surface area (Å²) in [6, 6.07) is 10.5. The fraction of sp³-hybridized carbons (Fsp3) is 0.500. The number of aromatic nitrogens is 2. The lowest BCUT2D eigenvalue weighted by atomic mass is 9.95. The van der Waals surface area contributed by atoms with E-state index in [-0.39, 0.29) is 5.41 Å². The molecule has 20 heavy (non-hydrogen) atoms. The third-order valence-electron chi connectivity index (χ3n) is 4.85. The summed E-state index contributed by atoms with van der Waals surface area (Å²) in [6.45, 7) is 0. The summed E-state index contributed by atoms with van der Waals surface area (Å²) in [6.07, 6.45) is 6.39. The monoisotopic (exact) mass is 269 g/mol. The molecule has 4 nitrogen and oxygen atoms in total. The molecule has 2 saturated carbocycles. The van der Waals surface area contributed by atoms with Crippen LogP contribution in [0.5, 0.6) is 0 Å². The van der Waals surface area contributed by atoms with Gasteiger partial charge in [0.05, 0.1) is 11.0 Å². The average Bonchev–Trinajstić information content (AvgIpc) is 2.92. The minimum atomic E-state index is -0.391. The first-order valence-corrected chi connectivity index (χ1v) is 7.42. The molecular weight excluding hydrogens is 250 g/mol. The lowest BCUT2D eigenvalue weighted by molar-refractivity contribution is 0.283. The van der Waals surface area contributed by atoms with Crippen LogP contribution in [0, 0.1) is 0 Å². The van der Waals surface area contributed by atoms with Gasteiger partial charge in [0, 0.05) is 0 Å². The maximum atomic E-state index is 6.40. The number of benzene rings is 1. The molecule has 1 heterocycles. The van der Waals surface area contributed by atoms with Crippen LogP contribution < -0.4 is 5.73 Å². The Labute approximate surface area is 118 Å². The normalized spacial score (nSPS) is 22.9. The molecule has 0 amide bonds. The standard InChI is InChI=1S/C16H19N3O/c17-16(8-4-5-9-16)14-18-13(19-20-14)15(10-11-15)12-6-2-1-3-7-12/h1-3,6-7H,4-5,8-11,17H2. The highest BCUT2D eigenvalue weighted by molar-refractivity contribution is 5.38. The van der Waals surface area contributed by atoms with E-state index in [1.807, 2.05) is 6.07 Å². The zero-order valence-electron chi connectivity index (χ0n) is 11.5. The Hall–Kier alpha value is -1.68. The zero-order valence-corrected chi connectivity index (χ0v) is 11.5. The molecule has 2 aliphatic rings. The van der Waals surface area contributed by atoms with Crippen molar-refractivity contribution in [2.75, 3.05) is 0 Å². The predicted octanol–water partition coefficient (Wildman–Crippen LogP) is 2.88. The third kappa shape index (κ3) is 1.71. The number of nitrogens with two attached hydrogens (primary N) is 1. The molecule has 2 N–H and O–H groups in total. The highest BCUT2D eigenvalue weighted by Gasteiger charge is 2.50. The minimum absolute atomic E-state index is 0.0298. The first kappa shape index (κ1) is 12.1. The molecule has 0 aliphatic heterocycles. The fourth-order valence-corrected chi connectivity index (χ4v) is 3.36. The quantitative estimate of drug-likeness (QED) is 0.930. The lowest BCUT2D eigenvalue weighted by Crippen LogP contribution is -2.33. The van der Waals surface area contributed by atoms with E-state index in [9.17, 15) is 0 Å². The van der Waals surface area contributed by atoms with E-state index < -0.39 is 5.54 Å². The van der Waals surface area contributed by atoms with Crippen LogP contribution in [0.15, 0.2) is 34.9 Å². The van der Waals surface area contributed by atoms with Crippen molar-refractivity contribution in [3.63, 3.8) is 0 Å². The van der Waals surface area contributed by atoms with Crippen LogP contribution in [-0.4, -0.2) is 10.1 Å². The van der Waals surface area contributed by atoms with Crippen LogP contribution in [0.2, 0.25) is 0 Å². The first-order valence-electron chi connectivity index (χ1n) is 7.42. The molecule has 4 heteroatoms. The molecule has 0 atom stereocenters. The van der Waals surface area contributed by atoms with Gasteiger partial charge in [0.1, 0.15) is 0 Å². The summed E-state index contributed by atoms with van der Waals surface area (Å²) in [7, 11) is 0. The van der Waals surface area contributed by atoms with Gasteiger partial charge in [0.25, 0.3) is 0 Å². The van der Waals surface area contributed by atoms with Crippen LogP contribution >= 0.6 is 0 Å². The van der Waals surface area contributed by atoms with Gasteiger partial charge < -0.3 is 10.3 Å². The Balaban J connectivity index is 1.69. The SMILES string of the molecule is NC1(c2nc(C3(c4ccccc4)CC3)no2)CCCC1. The lowest BCUT2D eigenvalue weighted by Gasteiger charge is -2.17. The van der Waals surface area contributed by atoms with Gasteiger partial charge in [-0.05, 0) is 31.2 Å². The largest absolute Gasteiger partial charge is 0.337 e. The Morgan fingerprint density at radius 1 is 1.00 bits per heavy atom. The van der Waals surface area contributed by atoms with Crippen LogP contribution in [0.3, 0.4) is 0 Å². The number of hydrogen-bond acceptors (Lipinski definition) is 4. The maximum absolute atomic E-state index is 6.40. The van der Waals surface area contributed by atoms with Crippen molar-refractivity contribution in [3.8, 4) is 0 Å². The van der Waals surface area contributed by atoms with E-state index in [1.165, 1.54) is 5.56 Å². The molecule has 104 valence electrons. The molecule has 1 aromatic heterocycles. The molecule has 0 saturated heterocycles. The van der Waals surface area contributed by atoms with Crippen molar-refractivity contribution in [1.29, 1.82) is 0 Å². The van der Waals surface area contributed by atoms with E-state index in [1.54, 1.807) is 0 Å². The van der Waals surface area contributed by atoms with Crippen molar-refractivity contribution >= 4 is 0 Å². The summed E-state index contributed by atoms with van der Waals surface area (Å²) in [4.78, 5) is 4.67. The smallest absolute Gasteiger partial charge is 0.246 e. The van der Waals surface area contributed by atoms with Crippen LogP contribution in [-0.2, 0) is 11.0 Å². The highest BCUT2D eigenvalue weighted by Crippen LogP contribution is 2.52. The second-order valence-electron chi connectivity index (χ2n) is 6.23. The van der Waals surface area contributed by atoms with E-state index in [2.05, 4.69) is 34.4 Å². The van der Waals surface area contributed by atoms with E-state index in [4.69, 9.17) is 10.3 Å². The van der Waals surface area contributed by atoms with Gasteiger partial charge in [-0.3, -0.25) is 0 Å². The van der Waals surface area contributed by atoms with Crippen molar-refractivity contribution in [3.05, 3.63) is 47.6 Å². The topological polar surface area (TPSA) is 64.9 Å². The van der Waals surface area contributed by atoms with Crippen LogP contribution in [0.1, 0.15) is 55.8 Å². The van der Waals surface area contributed by atoms with Gasteiger partial charge in [0.2, 0.25) is 5.89 Å². The van der Waals surface area contributed by atoms with E-state index in [0.29, 0.717) is 5.89 Å². The summed E-state index contributed by atoms with van der Waals surface area (Å²) < 4.78 is 5.51. The zero-order chi connectivity index (χ0) is 13.6. The Kier molecular flexibility index (Phi) is 2.51. The predicted molar refractivity (Wildman–Crippen MR) is 75.1 cm³/mol. The van der Waals surface area contributed by atoms with Gasteiger partial charge in [-0.2, -0.15) is 4.98 Å². The molecule has 2 aromatic rings. The van der Waals surface area contributed by atoms with Gasteiger partial charge in [-0.25, -0.2) is 0 Å². The second-order valence-corrected chi connectivity index (χ2v) is 6.23. The van der Waals surface area contributed by atoms with Gasteiger partial charge in [-0.1, -0.05) is 48.3 Å². The molecule has 2 aliphatic carbocycles. The average molecular weight is 269 g/mol. The molecule has 0 spiro atoms. The molecular formula is C16H19N3O. The fourth-order valence-electron chi connectivity index (χ4n) is 3.36. The number of rotatable bonds is 3. The number of nitrogens with zero attached hydrogens (tertiary/aromatic N) is 2. The molecule has 4 rings (SSSR count). The van der Waals surface area contributed by atoms with Gasteiger partial charge in [-0.15, -0.1) is 0 Å². The van der Waals surface area contributed by atoms with Crippen LogP contribution in [0.4, 0.5) is 0 Å². The Morgan fingerprint density at radius 3 is 2.35 bits per heavy atom. The van der Waals surface area contributed by atoms with Crippen molar-refractivity contribution in [1.82, 2.24) is 10.1 Å². The summed E-state index contributed by atoms with van der Waals surface area (Å²) in [5.74, 6) is 1.45. The molecule has 2 fully saturated rings. The Morgan fingerprint density at radius 2 is 1.70 bits per heavy atom. The Bertz CT molecular complexity index is 610. The second kappa shape index (κ2) is 4.16. The molecule has 0 radical (unpaired) electrons. The van der Waals surface area contributed by atoms with Gasteiger partial charge in [0.15, 0.2) is 5.82 Å². The number of hydrogen-bond donors (Lipinski definition) is 1. The first-order chi connectivity index (χ1) is 9.73. The maximum Gasteiger partial charge on any atom is 0.246 e.